The minimum atomic E-state index is -3.92. The van der Waals surface area contributed by atoms with Gasteiger partial charge in [0.2, 0.25) is 10.0 Å². The van der Waals surface area contributed by atoms with Crippen LogP contribution in [0.4, 0.5) is 4.39 Å². The van der Waals surface area contributed by atoms with Crippen LogP contribution < -0.4 is 5.32 Å². The molecule has 5 nitrogen and oxygen atoms in total. The van der Waals surface area contributed by atoms with Gasteiger partial charge in [-0.3, -0.25) is 4.79 Å². The van der Waals surface area contributed by atoms with Crippen LogP contribution >= 0.6 is 0 Å². The standard InChI is InChI=1S/C20H21FN2O3S/c21-18-3-1-2-4-19(18)27(25,26)23(17-11-12-17)13-14-5-7-15(8-6-14)20(24)22-16-9-10-16/h1-8,16-17H,9-13H2,(H,22,24). The number of hydrogen-bond donors (Lipinski definition) is 1. The SMILES string of the molecule is O=C(NC1CC1)c1ccc(CN(C2CC2)S(=O)(=O)c2ccccc2F)cc1. The average molecular weight is 388 g/mol. The largest absolute Gasteiger partial charge is 0.349 e. The molecule has 0 heterocycles. The zero-order valence-electron chi connectivity index (χ0n) is 14.8. The quantitative estimate of drug-likeness (QED) is 0.793. The maximum absolute atomic E-state index is 14.1. The molecule has 2 aliphatic rings. The normalized spacial score (nSPS) is 17.1. The predicted octanol–water partition coefficient (Wildman–Crippen LogP) is 3.07. The predicted molar refractivity (Wildman–Crippen MR) is 99.1 cm³/mol. The van der Waals surface area contributed by atoms with E-state index < -0.39 is 15.8 Å². The first kappa shape index (κ1) is 18.1. The van der Waals surface area contributed by atoms with Crippen LogP contribution in [-0.2, 0) is 16.6 Å². The maximum atomic E-state index is 14.1. The zero-order valence-corrected chi connectivity index (χ0v) is 15.6. The van der Waals surface area contributed by atoms with Crippen molar-refractivity contribution < 1.29 is 17.6 Å². The summed E-state index contributed by atoms with van der Waals surface area (Å²) in [6.45, 7) is 0.159. The lowest BCUT2D eigenvalue weighted by molar-refractivity contribution is 0.0951. The molecule has 0 saturated heterocycles. The van der Waals surface area contributed by atoms with Gasteiger partial charge in [0.05, 0.1) is 0 Å². The van der Waals surface area contributed by atoms with Crippen molar-refractivity contribution in [3.63, 3.8) is 0 Å². The summed E-state index contributed by atoms with van der Waals surface area (Å²) in [5.41, 5.74) is 1.32. The van der Waals surface area contributed by atoms with Crippen LogP contribution in [0.15, 0.2) is 53.4 Å². The molecule has 0 aromatic heterocycles. The molecule has 0 unspecified atom stereocenters. The fourth-order valence-electron chi connectivity index (χ4n) is 2.99. The van der Waals surface area contributed by atoms with Crippen LogP contribution in [0.25, 0.3) is 0 Å². The number of hydrogen-bond acceptors (Lipinski definition) is 3. The molecule has 0 radical (unpaired) electrons. The molecule has 2 fully saturated rings. The molecule has 0 aliphatic heterocycles. The number of halogens is 1. The lowest BCUT2D eigenvalue weighted by Crippen LogP contribution is -2.33. The molecule has 7 heteroatoms. The Hall–Kier alpha value is -2.25. The van der Waals surface area contributed by atoms with E-state index in [1.807, 2.05) is 0 Å². The van der Waals surface area contributed by atoms with Crippen molar-refractivity contribution in [2.75, 3.05) is 0 Å². The summed E-state index contributed by atoms with van der Waals surface area (Å²) in [5.74, 6) is -0.850. The van der Waals surface area contributed by atoms with Crippen molar-refractivity contribution in [2.24, 2.45) is 0 Å². The maximum Gasteiger partial charge on any atom is 0.251 e. The van der Waals surface area contributed by atoms with Gasteiger partial charge < -0.3 is 5.32 Å². The highest BCUT2D eigenvalue weighted by molar-refractivity contribution is 7.89. The van der Waals surface area contributed by atoms with Crippen molar-refractivity contribution in [3.8, 4) is 0 Å². The first-order valence-corrected chi connectivity index (χ1v) is 10.6. The fraction of sp³-hybridized carbons (Fsp3) is 0.350. The van der Waals surface area contributed by atoms with Crippen molar-refractivity contribution in [2.45, 2.75) is 49.2 Å². The molecule has 2 aromatic carbocycles. The minimum absolute atomic E-state index is 0.104. The molecule has 4 rings (SSSR count). The van der Waals surface area contributed by atoms with Gasteiger partial charge >= 0.3 is 0 Å². The topological polar surface area (TPSA) is 66.5 Å². The lowest BCUT2D eigenvalue weighted by atomic mass is 10.1. The highest BCUT2D eigenvalue weighted by atomic mass is 32.2. The number of nitrogens with one attached hydrogen (secondary N) is 1. The first-order valence-electron chi connectivity index (χ1n) is 9.11. The lowest BCUT2D eigenvalue weighted by Gasteiger charge is -2.22. The van der Waals surface area contributed by atoms with Crippen LogP contribution in [0.1, 0.15) is 41.6 Å². The summed E-state index contributed by atoms with van der Waals surface area (Å²) >= 11 is 0. The Morgan fingerprint density at radius 2 is 1.70 bits per heavy atom. The number of sulfonamides is 1. The van der Waals surface area contributed by atoms with E-state index in [1.165, 1.54) is 22.5 Å². The second-order valence-corrected chi connectivity index (χ2v) is 9.02. The number of carbonyl (C=O) groups is 1. The molecule has 2 aromatic rings. The Bertz CT molecular complexity index is 951. The van der Waals surface area contributed by atoms with E-state index in [-0.39, 0.29) is 29.4 Å². The molecule has 142 valence electrons. The van der Waals surface area contributed by atoms with Crippen LogP contribution in [0, 0.1) is 5.82 Å². The van der Waals surface area contributed by atoms with Gasteiger partial charge in [-0.1, -0.05) is 24.3 Å². The molecule has 0 atom stereocenters. The van der Waals surface area contributed by atoms with Gasteiger partial charge in [0.15, 0.2) is 0 Å². The summed E-state index contributed by atoms with van der Waals surface area (Å²) in [7, 11) is -3.92. The molecule has 2 aliphatic carbocycles. The Balaban J connectivity index is 1.53. The average Bonchev–Trinajstić information content (AvgIpc) is 3.55. The van der Waals surface area contributed by atoms with Crippen molar-refractivity contribution in [1.29, 1.82) is 0 Å². The van der Waals surface area contributed by atoms with E-state index in [0.29, 0.717) is 5.56 Å². The van der Waals surface area contributed by atoms with Gasteiger partial charge in [0.25, 0.3) is 5.91 Å². The third-order valence-electron chi connectivity index (χ3n) is 4.84. The Kier molecular flexibility index (Phi) is 4.74. The van der Waals surface area contributed by atoms with Gasteiger partial charge in [-0.2, -0.15) is 4.31 Å². The van der Waals surface area contributed by atoms with Crippen molar-refractivity contribution >= 4 is 15.9 Å². The number of benzene rings is 2. The van der Waals surface area contributed by atoms with E-state index in [1.54, 1.807) is 24.3 Å². The van der Waals surface area contributed by atoms with Crippen molar-refractivity contribution in [1.82, 2.24) is 9.62 Å². The van der Waals surface area contributed by atoms with Gasteiger partial charge in [0.1, 0.15) is 10.7 Å². The van der Waals surface area contributed by atoms with Gasteiger partial charge in [-0.15, -0.1) is 0 Å². The van der Waals surface area contributed by atoms with E-state index in [0.717, 1.165) is 37.3 Å². The highest BCUT2D eigenvalue weighted by Gasteiger charge is 2.39. The van der Waals surface area contributed by atoms with Gasteiger partial charge in [-0.25, -0.2) is 12.8 Å². The summed E-state index contributed by atoms with van der Waals surface area (Å²) in [6, 6.07) is 12.6. The summed E-state index contributed by atoms with van der Waals surface area (Å²) in [6.07, 6.45) is 3.59. The van der Waals surface area contributed by atoms with Crippen LogP contribution in [-0.4, -0.2) is 30.7 Å². The Morgan fingerprint density at radius 3 is 2.30 bits per heavy atom. The zero-order chi connectivity index (χ0) is 19.0. The van der Waals surface area contributed by atoms with Crippen LogP contribution in [0.2, 0.25) is 0 Å². The van der Waals surface area contributed by atoms with E-state index in [4.69, 9.17) is 0 Å². The third-order valence-corrected chi connectivity index (χ3v) is 6.78. The minimum Gasteiger partial charge on any atom is -0.349 e. The molecule has 0 spiro atoms. The van der Waals surface area contributed by atoms with E-state index in [9.17, 15) is 17.6 Å². The Labute approximate surface area is 158 Å². The van der Waals surface area contributed by atoms with E-state index >= 15 is 0 Å². The van der Waals surface area contributed by atoms with Gasteiger partial charge in [-0.05, 0) is 55.5 Å². The monoisotopic (exact) mass is 388 g/mol. The van der Waals surface area contributed by atoms with Crippen molar-refractivity contribution in [3.05, 3.63) is 65.5 Å². The first-order chi connectivity index (χ1) is 12.9. The Morgan fingerprint density at radius 1 is 1.04 bits per heavy atom. The number of carbonyl (C=O) groups excluding carboxylic acids is 1. The molecule has 1 N–H and O–H groups in total. The van der Waals surface area contributed by atoms with Crippen LogP contribution in [0.5, 0.6) is 0 Å². The molecule has 2 saturated carbocycles. The number of nitrogens with zero attached hydrogens (tertiary/aromatic N) is 1. The smallest absolute Gasteiger partial charge is 0.251 e. The molecule has 27 heavy (non-hydrogen) atoms. The second kappa shape index (κ2) is 7.05. The van der Waals surface area contributed by atoms with Gasteiger partial charge in [0, 0.05) is 24.2 Å². The third kappa shape index (κ3) is 4.04. The fourth-order valence-corrected chi connectivity index (χ4v) is 4.73. The summed E-state index contributed by atoms with van der Waals surface area (Å²) in [4.78, 5) is 11.8. The van der Waals surface area contributed by atoms with E-state index in [2.05, 4.69) is 5.32 Å². The molecule has 0 bridgehead atoms. The summed E-state index contributed by atoms with van der Waals surface area (Å²) in [5, 5.41) is 2.92. The highest BCUT2D eigenvalue weighted by Crippen LogP contribution is 2.34. The number of rotatable bonds is 7. The molecule has 1 amide bonds. The molecular formula is C20H21FN2O3S. The summed E-state index contributed by atoms with van der Waals surface area (Å²) < 4.78 is 41.4. The second-order valence-electron chi connectivity index (χ2n) is 7.16. The van der Waals surface area contributed by atoms with Crippen LogP contribution in [0.3, 0.4) is 0 Å². The molecular weight excluding hydrogens is 367 g/mol. The number of amides is 1.